The number of aromatic nitrogens is 1. The standard InChI is InChI=1S/C32H39N5O8/c1-17(2)25-27(38)33-19(4)29(39)37-13-5-6-23(36-37)26-28(44-26)34-18(3)22-10-9-21-8-7-20(14-24(21)35-22)11-12-32(30(40)45-25)15-42-31(41)43-16-32/h7-12,14,17-19,23,25-26,28,34,36H,5-6,13,15-16H2,1-4H3,(H,33,38)/b12-11+/t18-,19+,23+,25+,26?,28?/m1/s1. The van der Waals surface area contributed by atoms with Gasteiger partial charge in [0, 0.05) is 18.0 Å². The van der Waals surface area contributed by atoms with Gasteiger partial charge in [0.05, 0.1) is 17.3 Å². The van der Waals surface area contributed by atoms with Crippen molar-refractivity contribution < 1.29 is 38.1 Å². The van der Waals surface area contributed by atoms with Crippen LogP contribution in [0.2, 0.25) is 0 Å². The Morgan fingerprint density at radius 2 is 1.78 bits per heavy atom. The average molecular weight is 622 g/mol. The largest absolute Gasteiger partial charge is 0.508 e. The summed E-state index contributed by atoms with van der Waals surface area (Å²) in [6.07, 6.45) is 2.47. The SMILES string of the molecule is CC(C)[C@@H]1OC(=O)C2(/C=C/c3ccc4ccc(nc4c3)[C@@H](C)NC3OC3[C@@H]3CCCN(N3)C(=O)[C@H](C)NC1=O)COC(=O)OC2. The van der Waals surface area contributed by atoms with Crippen molar-refractivity contribution >= 4 is 40.9 Å². The molecule has 13 nitrogen and oxygen atoms in total. The number of ether oxygens (including phenoxy) is 4. The van der Waals surface area contributed by atoms with Crippen molar-refractivity contribution in [3.05, 3.63) is 47.7 Å². The second-order valence-corrected chi connectivity index (χ2v) is 12.6. The highest BCUT2D eigenvalue weighted by molar-refractivity contribution is 5.91. The highest BCUT2D eigenvalue weighted by atomic mass is 16.7. The van der Waals surface area contributed by atoms with E-state index in [1.165, 1.54) is 5.01 Å². The summed E-state index contributed by atoms with van der Waals surface area (Å²) in [5.41, 5.74) is 4.14. The number of pyridine rings is 1. The number of nitrogens with zero attached hydrogens (tertiary/aromatic N) is 2. The van der Waals surface area contributed by atoms with Crippen molar-refractivity contribution in [2.75, 3.05) is 19.8 Å². The molecule has 45 heavy (non-hydrogen) atoms. The lowest BCUT2D eigenvalue weighted by molar-refractivity contribution is -0.174. The quantitative estimate of drug-likeness (QED) is 0.317. The van der Waals surface area contributed by atoms with Crippen LogP contribution < -0.4 is 16.1 Å². The van der Waals surface area contributed by atoms with Crippen LogP contribution >= 0.6 is 0 Å². The van der Waals surface area contributed by atoms with Gasteiger partial charge in [0.25, 0.3) is 11.8 Å². The van der Waals surface area contributed by atoms with Gasteiger partial charge in [0.15, 0.2) is 11.5 Å². The molecule has 1 aromatic heterocycles. The van der Waals surface area contributed by atoms with Crippen molar-refractivity contribution in [2.45, 2.75) is 77.1 Å². The lowest BCUT2D eigenvalue weighted by Crippen LogP contribution is -2.60. The van der Waals surface area contributed by atoms with E-state index in [4.69, 9.17) is 23.9 Å². The van der Waals surface area contributed by atoms with Crippen LogP contribution in [-0.2, 0) is 33.3 Å². The number of carbonyl (C=O) groups is 4. The maximum Gasteiger partial charge on any atom is 0.508 e. The average Bonchev–Trinajstić information content (AvgIpc) is 3.81. The zero-order valence-corrected chi connectivity index (χ0v) is 25.8. The zero-order valence-electron chi connectivity index (χ0n) is 25.8. The van der Waals surface area contributed by atoms with Crippen LogP contribution in [0.1, 0.15) is 57.8 Å². The number of cyclic esters (lactones) is 3. The molecule has 6 rings (SSSR count). The van der Waals surface area contributed by atoms with E-state index in [-0.39, 0.29) is 43.5 Å². The fraction of sp³-hybridized carbons (Fsp3) is 0.531. The van der Waals surface area contributed by atoms with Gasteiger partial charge in [-0.15, -0.1) is 0 Å². The normalized spacial score (nSPS) is 31.4. The molecule has 0 aliphatic carbocycles. The second-order valence-electron chi connectivity index (χ2n) is 12.6. The van der Waals surface area contributed by atoms with Crippen LogP contribution in [-0.4, -0.2) is 84.2 Å². The topological polar surface area (TPSA) is 161 Å². The van der Waals surface area contributed by atoms with Crippen LogP contribution in [0.5, 0.6) is 0 Å². The van der Waals surface area contributed by atoms with Crippen LogP contribution in [0.3, 0.4) is 0 Å². The van der Waals surface area contributed by atoms with Gasteiger partial charge in [0.1, 0.15) is 31.6 Å². The minimum absolute atomic E-state index is 0.0839. The third-order valence-electron chi connectivity index (χ3n) is 8.73. The molecule has 4 aliphatic rings. The molecule has 1 spiro atoms. The summed E-state index contributed by atoms with van der Waals surface area (Å²) in [4.78, 5) is 57.2. The first-order valence-corrected chi connectivity index (χ1v) is 15.4. The van der Waals surface area contributed by atoms with E-state index in [9.17, 15) is 19.2 Å². The van der Waals surface area contributed by atoms with Gasteiger partial charge >= 0.3 is 12.1 Å². The van der Waals surface area contributed by atoms with Crippen LogP contribution in [0.15, 0.2) is 36.4 Å². The summed E-state index contributed by atoms with van der Waals surface area (Å²) >= 11 is 0. The predicted molar refractivity (Wildman–Crippen MR) is 161 cm³/mol. The molecule has 3 fully saturated rings. The van der Waals surface area contributed by atoms with Gasteiger partial charge in [-0.05, 0) is 50.3 Å². The molecule has 3 saturated heterocycles. The van der Waals surface area contributed by atoms with Gasteiger partial charge < -0.3 is 24.3 Å². The number of carbonyl (C=O) groups excluding carboxylic acids is 4. The van der Waals surface area contributed by atoms with E-state index >= 15 is 0 Å². The summed E-state index contributed by atoms with van der Waals surface area (Å²) in [6, 6.07) is 8.63. The van der Waals surface area contributed by atoms with E-state index in [0.29, 0.717) is 6.54 Å². The number of hydrogen-bond acceptors (Lipinski definition) is 11. The molecule has 5 bridgehead atoms. The Morgan fingerprint density at radius 1 is 1.02 bits per heavy atom. The molecule has 5 heterocycles. The third kappa shape index (κ3) is 6.51. The highest BCUT2D eigenvalue weighted by Gasteiger charge is 2.48. The third-order valence-corrected chi connectivity index (χ3v) is 8.73. The van der Waals surface area contributed by atoms with E-state index in [0.717, 1.165) is 35.0 Å². The minimum Gasteiger partial charge on any atom is -0.451 e. The number of fused-ring (bicyclic) bond motifs is 6. The van der Waals surface area contributed by atoms with E-state index in [1.54, 1.807) is 32.9 Å². The molecule has 0 radical (unpaired) electrons. The van der Waals surface area contributed by atoms with Gasteiger partial charge in [-0.25, -0.2) is 10.2 Å². The summed E-state index contributed by atoms with van der Waals surface area (Å²) in [5.74, 6) is -2.13. The predicted octanol–water partition coefficient (Wildman–Crippen LogP) is 2.36. The molecular formula is C32H39N5O8. The zero-order chi connectivity index (χ0) is 31.9. The molecule has 3 N–H and O–H groups in total. The number of hydrogen-bond donors (Lipinski definition) is 3. The second kappa shape index (κ2) is 12.4. The van der Waals surface area contributed by atoms with Crippen molar-refractivity contribution in [3.63, 3.8) is 0 Å². The smallest absolute Gasteiger partial charge is 0.451 e. The molecule has 0 saturated carbocycles. The van der Waals surface area contributed by atoms with E-state index < -0.39 is 41.5 Å². The lowest BCUT2D eigenvalue weighted by Gasteiger charge is -2.35. The number of rotatable bonds is 1. The molecule has 1 aromatic carbocycles. The number of esters is 1. The van der Waals surface area contributed by atoms with Crippen LogP contribution in [0.4, 0.5) is 4.79 Å². The van der Waals surface area contributed by atoms with Gasteiger partial charge in [-0.1, -0.05) is 44.2 Å². The molecular weight excluding hydrogens is 582 g/mol. The number of epoxide rings is 1. The van der Waals surface area contributed by atoms with Gasteiger partial charge in [0.2, 0.25) is 0 Å². The Hall–Kier alpha value is -4.07. The molecule has 6 atom stereocenters. The number of hydrazine groups is 1. The Labute approximate surface area is 260 Å². The molecule has 2 aromatic rings. The number of nitrogens with one attached hydrogen (secondary N) is 3. The Morgan fingerprint density at radius 3 is 2.53 bits per heavy atom. The monoisotopic (exact) mass is 621 g/mol. The lowest BCUT2D eigenvalue weighted by atomic mass is 9.88. The Kier molecular flexibility index (Phi) is 8.51. The molecule has 240 valence electrons. The van der Waals surface area contributed by atoms with E-state index in [2.05, 4.69) is 16.1 Å². The summed E-state index contributed by atoms with van der Waals surface area (Å²) in [6.45, 7) is 6.93. The Bertz CT molecular complexity index is 1520. The van der Waals surface area contributed by atoms with Crippen molar-refractivity contribution in [3.8, 4) is 0 Å². The molecule has 13 heteroatoms. The van der Waals surface area contributed by atoms with Crippen molar-refractivity contribution in [1.29, 1.82) is 0 Å². The maximum atomic E-state index is 13.7. The fourth-order valence-corrected chi connectivity index (χ4v) is 5.91. The first-order chi connectivity index (χ1) is 21.5. The minimum atomic E-state index is -1.50. The maximum absolute atomic E-state index is 13.7. The fourth-order valence-electron chi connectivity index (χ4n) is 5.91. The molecule has 4 aliphatic heterocycles. The first-order valence-electron chi connectivity index (χ1n) is 15.4. The van der Waals surface area contributed by atoms with Crippen molar-refractivity contribution in [1.82, 2.24) is 26.1 Å². The van der Waals surface area contributed by atoms with Crippen molar-refractivity contribution in [2.24, 2.45) is 11.3 Å². The Balaban J connectivity index is 1.34. The van der Waals surface area contributed by atoms with Crippen LogP contribution in [0.25, 0.3) is 17.0 Å². The molecule has 2 unspecified atom stereocenters. The molecule has 2 amide bonds. The number of amides is 2. The van der Waals surface area contributed by atoms with Gasteiger partial charge in [-0.2, -0.15) is 0 Å². The van der Waals surface area contributed by atoms with Crippen LogP contribution in [0, 0.1) is 11.3 Å². The summed E-state index contributed by atoms with van der Waals surface area (Å²) < 4.78 is 22.0. The highest BCUT2D eigenvalue weighted by Crippen LogP contribution is 2.32. The summed E-state index contributed by atoms with van der Waals surface area (Å²) in [7, 11) is 0. The van der Waals surface area contributed by atoms with E-state index in [1.807, 2.05) is 37.3 Å². The number of benzene rings is 1. The first kappa shape index (κ1) is 30.9. The summed E-state index contributed by atoms with van der Waals surface area (Å²) in [5, 5.41) is 8.69. The van der Waals surface area contributed by atoms with Gasteiger partial charge in [-0.3, -0.25) is 29.7 Å².